The Morgan fingerprint density at radius 3 is 2.46 bits per heavy atom. The first-order valence-corrected chi connectivity index (χ1v) is 9.44. The Labute approximate surface area is 157 Å². The average Bonchev–Trinajstić information content (AvgIpc) is 3.06. The second kappa shape index (κ2) is 8.89. The van der Waals surface area contributed by atoms with Gasteiger partial charge in [0.15, 0.2) is 0 Å². The van der Waals surface area contributed by atoms with Gasteiger partial charge >= 0.3 is 0 Å². The van der Waals surface area contributed by atoms with Gasteiger partial charge in [0.05, 0.1) is 17.2 Å². The molecule has 1 heterocycles. The van der Waals surface area contributed by atoms with E-state index in [0.29, 0.717) is 12.1 Å². The lowest BCUT2D eigenvalue weighted by molar-refractivity contribution is -0.133. The molecule has 0 aliphatic rings. The first-order valence-electron chi connectivity index (χ1n) is 8.56. The molecule has 0 saturated heterocycles. The van der Waals surface area contributed by atoms with Crippen LogP contribution in [0.5, 0.6) is 0 Å². The number of nitrogens with zero attached hydrogens (tertiary/aromatic N) is 2. The Bertz CT molecular complexity index is 758. The number of amides is 2. The van der Waals surface area contributed by atoms with Crippen LogP contribution in [0.4, 0.5) is 4.39 Å². The zero-order valence-electron chi connectivity index (χ0n) is 15.5. The number of thiazole rings is 1. The summed E-state index contributed by atoms with van der Waals surface area (Å²) in [5.74, 6) is -1.07. The Hall–Kier alpha value is -2.28. The van der Waals surface area contributed by atoms with Gasteiger partial charge in [0.25, 0.3) is 5.91 Å². The second-order valence-electron chi connectivity index (χ2n) is 6.48. The Kier molecular flexibility index (Phi) is 6.85. The summed E-state index contributed by atoms with van der Waals surface area (Å²) >= 11 is 1.58. The van der Waals surface area contributed by atoms with E-state index >= 15 is 0 Å². The standard InChI is InChI=1S/C19H24FN3O2S/c1-5-16-21-15(11-26-16)10-23(4)19(25)17(12(2)3)22-18(24)13-6-8-14(20)9-7-13/h6-9,11-12,17H,5,10H2,1-4H3,(H,22,24). The summed E-state index contributed by atoms with van der Waals surface area (Å²) < 4.78 is 13.0. The van der Waals surface area contributed by atoms with E-state index in [1.807, 2.05) is 26.2 Å². The molecule has 7 heteroatoms. The molecule has 0 saturated carbocycles. The molecule has 0 radical (unpaired) electrons. The van der Waals surface area contributed by atoms with Gasteiger partial charge in [-0.2, -0.15) is 0 Å². The fraction of sp³-hybridized carbons (Fsp3) is 0.421. The van der Waals surface area contributed by atoms with Crippen molar-refractivity contribution in [3.63, 3.8) is 0 Å². The van der Waals surface area contributed by atoms with Crippen molar-refractivity contribution >= 4 is 23.2 Å². The average molecular weight is 377 g/mol. The van der Waals surface area contributed by atoms with Crippen LogP contribution < -0.4 is 5.32 Å². The fourth-order valence-electron chi connectivity index (χ4n) is 2.48. The SMILES string of the molecule is CCc1nc(CN(C)C(=O)C(NC(=O)c2ccc(F)cc2)C(C)C)cs1. The highest BCUT2D eigenvalue weighted by Gasteiger charge is 2.27. The minimum Gasteiger partial charge on any atom is -0.340 e. The molecule has 5 nitrogen and oxygen atoms in total. The molecule has 1 atom stereocenters. The predicted octanol–water partition coefficient (Wildman–Crippen LogP) is 3.26. The smallest absolute Gasteiger partial charge is 0.251 e. The van der Waals surface area contributed by atoms with Crippen LogP contribution in [0.1, 0.15) is 41.8 Å². The third-order valence-corrected chi connectivity index (χ3v) is 5.04. The van der Waals surface area contributed by atoms with E-state index in [9.17, 15) is 14.0 Å². The molecule has 2 aromatic rings. The Morgan fingerprint density at radius 2 is 1.92 bits per heavy atom. The van der Waals surface area contributed by atoms with Crippen LogP contribution in [-0.2, 0) is 17.8 Å². The van der Waals surface area contributed by atoms with Crippen molar-refractivity contribution in [1.82, 2.24) is 15.2 Å². The highest BCUT2D eigenvalue weighted by atomic mass is 32.1. The monoisotopic (exact) mass is 377 g/mol. The number of benzene rings is 1. The number of halogens is 1. The Balaban J connectivity index is 2.05. The van der Waals surface area contributed by atoms with Crippen molar-refractivity contribution in [2.24, 2.45) is 5.92 Å². The zero-order valence-corrected chi connectivity index (χ0v) is 16.3. The largest absolute Gasteiger partial charge is 0.340 e. The van der Waals surface area contributed by atoms with Crippen molar-refractivity contribution < 1.29 is 14.0 Å². The topological polar surface area (TPSA) is 62.3 Å². The van der Waals surface area contributed by atoms with E-state index in [4.69, 9.17) is 0 Å². The minimum atomic E-state index is -0.665. The predicted molar refractivity (Wildman–Crippen MR) is 100 cm³/mol. The van der Waals surface area contributed by atoms with E-state index in [2.05, 4.69) is 10.3 Å². The number of rotatable bonds is 7. The summed E-state index contributed by atoms with van der Waals surface area (Å²) in [7, 11) is 1.70. The summed E-state index contributed by atoms with van der Waals surface area (Å²) in [6, 6.07) is 4.58. The molecule has 1 unspecified atom stereocenters. The van der Waals surface area contributed by atoms with Crippen molar-refractivity contribution in [3.8, 4) is 0 Å². The number of carbonyl (C=O) groups is 2. The van der Waals surface area contributed by atoms with Crippen LogP contribution >= 0.6 is 11.3 Å². The van der Waals surface area contributed by atoms with Crippen molar-refractivity contribution in [3.05, 3.63) is 51.7 Å². The number of carbonyl (C=O) groups excluding carboxylic acids is 2. The number of hydrogen-bond donors (Lipinski definition) is 1. The van der Waals surface area contributed by atoms with Gasteiger partial charge in [0.1, 0.15) is 11.9 Å². The van der Waals surface area contributed by atoms with E-state index in [1.54, 1.807) is 23.3 Å². The normalized spacial score (nSPS) is 12.1. The van der Waals surface area contributed by atoms with E-state index in [1.165, 1.54) is 24.3 Å². The quantitative estimate of drug-likeness (QED) is 0.806. The van der Waals surface area contributed by atoms with Crippen LogP contribution in [-0.4, -0.2) is 34.8 Å². The summed E-state index contributed by atoms with van der Waals surface area (Å²) in [4.78, 5) is 31.2. The number of nitrogens with one attached hydrogen (secondary N) is 1. The fourth-order valence-corrected chi connectivity index (χ4v) is 3.22. The van der Waals surface area contributed by atoms with Gasteiger partial charge in [-0.25, -0.2) is 9.37 Å². The summed E-state index contributed by atoms with van der Waals surface area (Å²) in [5.41, 5.74) is 1.16. The number of hydrogen-bond acceptors (Lipinski definition) is 4. The van der Waals surface area contributed by atoms with E-state index < -0.39 is 17.8 Å². The molecule has 0 bridgehead atoms. The first-order chi connectivity index (χ1) is 12.3. The lowest BCUT2D eigenvalue weighted by Gasteiger charge is -2.26. The Morgan fingerprint density at radius 1 is 1.27 bits per heavy atom. The molecule has 2 amide bonds. The zero-order chi connectivity index (χ0) is 19.3. The molecular weight excluding hydrogens is 353 g/mol. The molecule has 0 spiro atoms. The van der Waals surface area contributed by atoms with Crippen LogP contribution in [0.25, 0.3) is 0 Å². The van der Waals surface area contributed by atoms with Gasteiger partial charge in [-0.3, -0.25) is 9.59 Å². The molecule has 0 fully saturated rings. The van der Waals surface area contributed by atoms with E-state index in [0.717, 1.165) is 17.1 Å². The molecule has 26 heavy (non-hydrogen) atoms. The summed E-state index contributed by atoms with van der Waals surface area (Å²) in [6.07, 6.45) is 0.866. The first kappa shape index (κ1) is 20.0. The van der Waals surface area contributed by atoms with Crippen molar-refractivity contribution in [2.45, 2.75) is 39.8 Å². The maximum absolute atomic E-state index is 13.0. The van der Waals surface area contributed by atoms with Gasteiger partial charge in [-0.15, -0.1) is 11.3 Å². The van der Waals surface area contributed by atoms with Gasteiger partial charge in [-0.1, -0.05) is 20.8 Å². The summed E-state index contributed by atoms with van der Waals surface area (Å²) in [6.45, 7) is 6.18. The van der Waals surface area contributed by atoms with Gasteiger partial charge in [0.2, 0.25) is 5.91 Å². The van der Waals surface area contributed by atoms with Gasteiger partial charge in [-0.05, 0) is 36.6 Å². The molecule has 1 aromatic carbocycles. The molecule has 140 valence electrons. The molecule has 0 aliphatic heterocycles. The van der Waals surface area contributed by atoms with Crippen molar-refractivity contribution in [2.75, 3.05) is 7.05 Å². The molecule has 2 rings (SSSR count). The summed E-state index contributed by atoms with van der Waals surface area (Å²) in [5, 5.41) is 5.75. The highest BCUT2D eigenvalue weighted by Crippen LogP contribution is 2.14. The molecule has 1 aromatic heterocycles. The minimum absolute atomic E-state index is 0.0871. The van der Waals surface area contributed by atoms with Gasteiger partial charge in [0, 0.05) is 18.0 Å². The lowest BCUT2D eigenvalue weighted by Crippen LogP contribution is -2.50. The number of aryl methyl sites for hydroxylation is 1. The maximum Gasteiger partial charge on any atom is 0.251 e. The third kappa shape index (κ3) is 5.11. The third-order valence-electron chi connectivity index (χ3n) is 4.00. The molecular formula is C19H24FN3O2S. The van der Waals surface area contributed by atoms with Crippen LogP contribution in [0, 0.1) is 11.7 Å². The highest BCUT2D eigenvalue weighted by molar-refractivity contribution is 7.09. The molecule has 1 N–H and O–H groups in total. The lowest BCUT2D eigenvalue weighted by atomic mass is 10.0. The van der Waals surface area contributed by atoms with Crippen molar-refractivity contribution in [1.29, 1.82) is 0 Å². The van der Waals surface area contributed by atoms with Gasteiger partial charge < -0.3 is 10.2 Å². The van der Waals surface area contributed by atoms with Crippen LogP contribution in [0.3, 0.4) is 0 Å². The maximum atomic E-state index is 13.0. The number of likely N-dealkylation sites (N-methyl/N-ethyl adjacent to an activating group) is 1. The van der Waals surface area contributed by atoms with Crippen LogP contribution in [0.2, 0.25) is 0 Å². The van der Waals surface area contributed by atoms with Crippen LogP contribution in [0.15, 0.2) is 29.6 Å². The second-order valence-corrected chi connectivity index (χ2v) is 7.43. The number of aromatic nitrogens is 1. The van der Waals surface area contributed by atoms with E-state index in [-0.39, 0.29) is 11.8 Å². The molecule has 0 aliphatic carbocycles.